The normalized spacial score (nSPS) is 18.6. The number of fused-ring (bicyclic) bond motifs is 1. The van der Waals surface area contributed by atoms with Crippen LogP contribution in [0, 0.1) is 11.2 Å². The number of hydrogen-bond acceptors (Lipinski definition) is 5. The van der Waals surface area contributed by atoms with E-state index in [1.807, 2.05) is 18.4 Å². The van der Waals surface area contributed by atoms with Crippen molar-refractivity contribution in [3.63, 3.8) is 0 Å². The first-order valence-corrected chi connectivity index (χ1v) is 13.2. The number of ether oxygens (including phenoxy) is 1. The zero-order valence-corrected chi connectivity index (χ0v) is 20.7. The Morgan fingerprint density at radius 2 is 2.03 bits per heavy atom. The highest BCUT2D eigenvalue weighted by Gasteiger charge is 2.35. The van der Waals surface area contributed by atoms with Crippen molar-refractivity contribution in [2.75, 3.05) is 23.5 Å². The number of carboxylic acid groups (broad SMARTS) is 1. The molecular formula is C25H29F2NO3S2. The van der Waals surface area contributed by atoms with E-state index in [0.29, 0.717) is 12.0 Å². The van der Waals surface area contributed by atoms with Gasteiger partial charge < -0.3 is 14.7 Å². The second kappa shape index (κ2) is 11.3. The number of nitrogens with zero attached hydrogens (tertiary/aromatic N) is 1. The largest absolute Gasteiger partial charge is 0.476 e. The summed E-state index contributed by atoms with van der Waals surface area (Å²) in [5.41, 5.74) is 1.97. The van der Waals surface area contributed by atoms with Gasteiger partial charge in [-0.1, -0.05) is 26.7 Å². The van der Waals surface area contributed by atoms with Crippen LogP contribution in [-0.2, 0) is 4.79 Å². The Labute approximate surface area is 202 Å². The van der Waals surface area contributed by atoms with E-state index in [1.54, 1.807) is 23.9 Å². The molecule has 0 fully saturated rings. The fraction of sp³-hybridized carbons (Fsp3) is 0.400. The molecule has 2 aromatic carbocycles. The molecule has 4 nitrogen and oxygen atoms in total. The minimum Gasteiger partial charge on any atom is -0.476 e. The van der Waals surface area contributed by atoms with Gasteiger partial charge in [-0.25, -0.2) is 9.18 Å². The molecule has 0 saturated carbocycles. The quantitative estimate of drug-likeness (QED) is 0.220. The van der Waals surface area contributed by atoms with Gasteiger partial charge in [0.25, 0.3) is 0 Å². The molecule has 1 aliphatic heterocycles. The number of carbonyl (C=O) groups is 1. The highest BCUT2D eigenvalue weighted by Crippen LogP contribution is 2.49. The number of anilines is 2. The first-order valence-electron chi connectivity index (χ1n) is 11.0. The third-order valence-corrected chi connectivity index (χ3v) is 8.16. The van der Waals surface area contributed by atoms with E-state index in [-0.39, 0.29) is 11.2 Å². The fourth-order valence-corrected chi connectivity index (χ4v) is 5.86. The topological polar surface area (TPSA) is 49.8 Å². The zero-order valence-electron chi connectivity index (χ0n) is 19.1. The average molecular weight is 494 g/mol. The minimum atomic E-state index is -1.67. The monoisotopic (exact) mass is 493 g/mol. The summed E-state index contributed by atoms with van der Waals surface area (Å²) in [5.74, 6) is -2.00. The van der Waals surface area contributed by atoms with Gasteiger partial charge in [-0.3, -0.25) is 0 Å². The molecule has 0 bridgehead atoms. The van der Waals surface area contributed by atoms with Gasteiger partial charge in [-0.05, 0) is 60.9 Å². The number of carboxylic acids is 1. The van der Waals surface area contributed by atoms with Gasteiger partial charge in [0.1, 0.15) is 17.8 Å². The van der Waals surface area contributed by atoms with Crippen molar-refractivity contribution in [2.45, 2.75) is 49.3 Å². The van der Waals surface area contributed by atoms with Gasteiger partial charge in [0.05, 0.1) is 10.6 Å². The van der Waals surface area contributed by atoms with Gasteiger partial charge in [-0.15, -0.1) is 23.5 Å². The predicted molar refractivity (Wildman–Crippen MR) is 132 cm³/mol. The van der Waals surface area contributed by atoms with E-state index < -0.39 is 11.8 Å². The Morgan fingerprint density at radius 3 is 2.64 bits per heavy atom. The molecule has 33 heavy (non-hydrogen) atoms. The van der Waals surface area contributed by atoms with Crippen LogP contribution in [-0.4, -0.2) is 29.6 Å². The van der Waals surface area contributed by atoms with Crippen LogP contribution >= 0.6 is 23.5 Å². The number of rotatable bonds is 9. The van der Waals surface area contributed by atoms with Gasteiger partial charge in [-0.2, -0.15) is 4.39 Å². The lowest BCUT2D eigenvalue weighted by atomic mass is 9.81. The van der Waals surface area contributed by atoms with Crippen molar-refractivity contribution in [3.05, 3.63) is 54.3 Å². The molecule has 1 N–H and O–H groups in total. The summed E-state index contributed by atoms with van der Waals surface area (Å²) in [6.07, 6.45) is 6.86. The maximum absolute atomic E-state index is 13.7. The van der Waals surface area contributed by atoms with Crippen molar-refractivity contribution < 1.29 is 23.4 Å². The molecule has 0 amide bonds. The van der Waals surface area contributed by atoms with E-state index in [4.69, 9.17) is 9.84 Å². The van der Waals surface area contributed by atoms with Gasteiger partial charge >= 0.3 is 5.97 Å². The molecule has 1 atom stereocenters. The highest BCUT2D eigenvalue weighted by atomic mass is 32.2. The summed E-state index contributed by atoms with van der Waals surface area (Å²) < 4.78 is 32.6. The smallest absolute Gasteiger partial charge is 0.368 e. The number of thioether (sulfide) groups is 2. The van der Waals surface area contributed by atoms with Crippen LogP contribution in [0.15, 0.2) is 58.3 Å². The van der Waals surface area contributed by atoms with Crippen LogP contribution in [0.2, 0.25) is 0 Å². The van der Waals surface area contributed by atoms with Crippen molar-refractivity contribution >= 4 is 40.9 Å². The van der Waals surface area contributed by atoms with Gasteiger partial charge in [0.15, 0.2) is 0 Å². The molecule has 0 spiro atoms. The molecule has 0 radical (unpaired) electrons. The summed E-state index contributed by atoms with van der Waals surface area (Å²) >= 11 is 3.17. The fourth-order valence-electron chi connectivity index (χ4n) is 3.92. The first kappa shape index (κ1) is 25.4. The Balaban J connectivity index is 2.10. The van der Waals surface area contributed by atoms with Crippen LogP contribution in [0.3, 0.4) is 0 Å². The summed E-state index contributed by atoms with van der Waals surface area (Å²) in [5, 5.41) is 8.79. The second-order valence-electron chi connectivity index (χ2n) is 8.17. The molecule has 2 aromatic rings. The molecule has 0 aliphatic carbocycles. The average Bonchev–Trinajstić information content (AvgIpc) is 2.98. The van der Waals surface area contributed by atoms with Gasteiger partial charge in [0, 0.05) is 22.9 Å². The maximum atomic E-state index is 13.7. The molecule has 8 heteroatoms. The maximum Gasteiger partial charge on any atom is 0.368 e. The number of unbranched alkanes of at least 4 members (excludes halogenated alkanes) is 1. The van der Waals surface area contributed by atoms with Gasteiger partial charge in [0.2, 0.25) is 5.83 Å². The molecule has 0 aromatic heterocycles. The van der Waals surface area contributed by atoms with Crippen molar-refractivity contribution in [2.24, 2.45) is 5.41 Å². The van der Waals surface area contributed by atoms with Crippen LogP contribution in [0.1, 0.15) is 39.5 Å². The first-order chi connectivity index (χ1) is 15.8. The molecule has 1 unspecified atom stereocenters. The van der Waals surface area contributed by atoms with Crippen LogP contribution in [0.4, 0.5) is 20.2 Å². The third kappa shape index (κ3) is 6.03. The summed E-state index contributed by atoms with van der Waals surface area (Å²) in [6.45, 7) is 5.21. The lowest BCUT2D eigenvalue weighted by molar-refractivity contribution is -0.134. The Hall–Kier alpha value is -2.19. The summed E-state index contributed by atoms with van der Waals surface area (Å²) in [6, 6.07) is 10.4. The predicted octanol–water partition coefficient (Wildman–Crippen LogP) is 7.65. The Kier molecular flexibility index (Phi) is 8.70. The standard InChI is InChI=1S/C25H29F2NO3S2/c1-4-6-11-25(5-2)15-28(18-9-7-17(26)8-10-18)20-12-23(32-3)21(13-22(20)33-16-25)31-14-19(27)24(29)30/h7-10,12-14H,4-6,11,15-16H2,1-3H3,(H,29,30)/b19-14-. The van der Waals surface area contributed by atoms with Crippen molar-refractivity contribution in [1.29, 1.82) is 0 Å². The van der Waals surface area contributed by atoms with Crippen LogP contribution < -0.4 is 9.64 Å². The lowest BCUT2D eigenvalue weighted by Gasteiger charge is -2.37. The Morgan fingerprint density at radius 1 is 1.30 bits per heavy atom. The van der Waals surface area contributed by atoms with Crippen LogP contribution in [0.25, 0.3) is 0 Å². The van der Waals surface area contributed by atoms with E-state index in [0.717, 1.165) is 59.1 Å². The number of benzene rings is 2. The third-order valence-electron chi connectivity index (χ3n) is 6.01. The summed E-state index contributed by atoms with van der Waals surface area (Å²) in [7, 11) is 0. The van der Waals surface area contributed by atoms with E-state index >= 15 is 0 Å². The second-order valence-corrected chi connectivity index (χ2v) is 10.0. The van der Waals surface area contributed by atoms with Crippen molar-refractivity contribution in [3.8, 4) is 5.75 Å². The van der Waals surface area contributed by atoms with E-state index in [9.17, 15) is 13.6 Å². The number of aliphatic carboxylic acids is 1. The number of hydrogen-bond donors (Lipinski definition) is 1. The Bertz CT molecular complexity index is 1010. The van der Waals surface area contributed by atoms with Crippen molar-refractivity contribution in [1.82, 2.24) is 0 Å². The number of halogens is 2. The minimum absolute atomic E-state index is 0.0734. The molecule has 1 heterocycles. The molecule has 3 rings (SSSR count). The summed E-state index contributed by atoms with van der Waals surface area (Å²) in [4.78, 5) is 14.8. The molecule has 1 aliphatic rings. The van der Waals surface area contributed by atoms with E-state index in [2.05, 4.69) is 18.7 Å². The SMILES string of the molecule is CCCCC1(CC)CSc2cc(O/C=C(\F)C(=O)O)c(SC)cc2N(c2ccc(F)cc2)C1. The zero-order chi connectivity index (χ0) is 24.0. The molecule has 178 valence electrons. The highest BCUT2D eigenvalue weighted by molar-refractivity contribution is 7.99. The molecule has 0 saturated heterocycles. The molecular weight excluding hydrogens is 464 g/mol. The van der Waals surface area contributed by atoms with E-state index in [1.165, 1.54) is 23.9 Å². The lowest BCUT2D eigenvalue weighted by Crippen LogP contribution is -2.36. The van der Waals surface area contributed by atoms with Crippen LogP contribution in [0.5, 0.6) is 5.75 Å².